The van der Waals surface area contributed by atoms with Crippen molar-refractivity contribution in [2.75, 3.05) is 42.7 Å². The number of urea groups is 1. The molecule has 0 radical (unpaired) electrons. The zero-order valence-corrected chi connectivity index (χ0v) is 17.5. The summed E-state index contributed by atoms with van der Waals surface area (Å²) in [6.07, 6.45) is 4.16. The van der Waals surface area contributed by atoms with E-state index in [4.69, 9.17) is 0 Å². The van der Waals surface area contributed by atoms with Crippen LogP contribution in [0.2, 0.25) is 0 Å². The van der Waals surface area contributed by atoms with Crippen LogP contribution in [-0.4, -0.2) is 44.0 Å². The van der Waals surface area contributed by atoms with E-state index < -0.39 is 0 Å². The Balaban J connectivity index is 1.76. The zero-order chi connectivity index (χ0) is 20.8. The molecule has 0 bridgehead atoms. The Morgan fingerprint density at radius 3 is 2.31 bits per heavy atom. The van der Waals surface area contributed by atoms with Crippen molar-refractivity contribution in [1.82, 2.24) is 4.90 Å². The molecule has 0 atom stereocenters. The third-order valence-corrected chi connectivity index (χ3v) is 5.20. The van der Waals surface area contributed by atoms with Crippen LogP contribution in [0.1, 0.15) is 42.1 Å². The number of carbonyl (C=O) groups excluding carboxylic acids is 2. The molecule has 2 aromatic rings. The first-order valence-electron chi connectivity index (χ1n) is 10.3. The summed E-state index contributed by atoms with van der Waals surface area (Å²) >= 11 is 0. The largest absolute Gasteiger partial charge is 0.377 e. The molecule has 0 aromatic heterocycles. The van der Waals surface area contributed by atoms with Crippen LogP contribution in [0.5, 0.6) is 0 Å². The molecule has 29 heavy (non-hydrogen) atoms. The lowest BCUT2D eigenvalue weighted by Crippen LogP contribution is -2.36. The van der Waals surface area contributed by atoms with Gasteiger partial charge in [0.15, 0.2) is 0 Å². The van der Waals surface area contributed by atoms with Gasteiger partial charge in [-0.2, -0.15) is 0 Å². The molecule has 2 N–H and O–H groups in total. The fourth-order valence-electron chi connectivity index (χ4n) is 3.60. The van der Waals surface area contributed by atoms with Crippen LogP contribution in [0.3, 0.4) is 0 Å². The number of aryl methyl sites for hydroxylation is 1. The van der Waals surface area contributed by atoms with E-state index in [9.17, 15) is 9.59 Å². The summed E-state index contributed by atoms with van der Waals surface area (Å²) in [4.78, 5) is 29.4. The molecule has 2 aromatic carbocycles. The van der Waals surface area contributed by atoms with Crippen LogP contribution >= 0.6 is 0 Å². The molecule has 0 saturated carbocycles. The molecule has 1 fully saturated rings. The third kappa shape index (κ3) is 5.28. The van der Waals surface area contributed by atoms with Gasteiger partial charge in [-0.15, -0.1) is 0 Å². The van der Waals surface area contributed by atoms with Gasteiger partial charge in [0.1, 0.15) is 0 Å². The van der Waals surface area contributed by atoms with E-state index >= 15 is 0 Å². The minimum Gasteiger partial charge on any atom is -0.377 e. The summed E-state index contributed by atoms with van der Waals surface area (Å²) in [7, 11) is 3.84. The predicted octanol–water partition coefficient (Wildman–Crippen LogP) is 4.59. The number of benzene rings is 2. The van der Waals surface area contributed by atoms with E-state index in [0.29, 0.717) is 11.3 Å². The van der Waals surface area contributed by atoms with Crippen molar-refractivity contribution in [1.29, 1.82) is 0 Å². The van der Waals surface area contributed by atoms with E-state index in [-0.39, 0.29) is 11.9 Å². The average molecular weight is 395 g/mol. The van der Waals surface area contributed by atoms with Crippen molar-refractivity contribution in [3.63, 3.8) is 0 Å². The monoisotopic (exact) mass is 394 g/mol. The van der Waals surface area contributed by atoms with Gasteiger partial charge in [-0.25, -0.2) is 4.79 Å². The van der Waals surface area contributed by atoms with E-state index in [1.807, 2.05) is 60.3 Å². The van der Waals surface area contributed by atoms with Crippen LogP contribution in [0.15, 0.2) is 42.5 Å². The highest BCUT2D eigenvalue weighted by atomic mass is 16.2. The third-order valence-electron chi connectivity index (χ3n) is 5.20. The van der Waals surface area contributed by atoms with Gasteiger partial charge in [0, 0.05) is 44.2 Å². The van der Waals surface area contributed by atoms with Crippen molar-refractivity contribution in [2.45, 2.75) is 32.6 Å². The summed E-state index contributed by atoms with van der Waals surface area (Å²) in [5.74, 6) is 0.0214. The van der Waals surface area contributed by atoms with Crippen LogP contribution < -0.4 is 15.5 Å². The minimum atomic E-state index is -0.327. The van der Waals surface area contributed by atoms with Gasteiger partial charge >= 0.3 is 6.03 Å². The number of nitrogens with zero attached hydrogens (tertiary/aromatic N) is 2. The van der Waals surface area contributed by atoms with E-state index in [2.05, 4.69) is 17.6 Å². The number of amides is 3. The number of likely N-dealkylation sites (tertiary alicyclic amines) is 1. The number of carbonyl (C=O) groups is 2. The minimum absolute atomic E-state index is 0.0214. The summed E-state index contributed by atoms with van der Waals surface area (Å²) in [5.41, 5.74) is 3.97. The van der Waals surface area contributed by atoms with Gasteiger partial charge in [-0.3, -0.25) is 4.79 Å². The molecule has 3 rings (SSSR count). The second-order valence-corrected chi connectivity index (χ2v) is 7.61. The molecule has 1 aliphatic rings. The number of nitrogens with one attached hydrogen (secondary N) is 2. The number of piperidine rings is 1. The molecule has 1 heterocycles. The molecule has 6 heteroatoms. The molecule has 0 unspecified atom stereocenters. The molecular weight excluding hydrogens is 364 g/mol. The van der Waals surface area contributed by atoms with Crippen molar-refractivity contribution >= 4 is 29.0 Å². The molecule has 0 spiro atoms. The molecule has 154 valence electrons. The Kier molecular flexibility index (Phi) is 6.75. The fourth-order valence-corrected chi connectivity index (χ4v) is 3.60. The maximum absolute atomic E-state index is 13.1. The second kappa shape index (κ2) is 9.45. The SMILES string of the molecule is CCc1cccc(NC(=O)Nc2ccc(N(C)C)c(C(=O)N3CCCCC3)c2)c1. The van der Waals surface area contributed by atoms with Gasteiger partial charge in [0.05, 0.1) is 5.56 Å². The molecule has 3 amide bonds. The molecular formula is C23H30N4O2. The smallest absolute Gasteiger partial charge is 0.323 e. The summed E-state index contributed by atoms with van der Waals surface area (Å²) in [6, 6.07) is 12.9. The van der Waals surface area contributed by atoms with Crippen molar-refractivity contribution in [2.24, 2.45) is 0 Å². The number of rotatable bonds is 5. The maximum atomic E-state index is 13.1. The van der Waals surface area contributed by atoms with Gasteiger partial charge in [-0.05, 0) is 61.6 Å². The first-order chi connectivity index (χ1) is 14.0. The fraction of sp³-hybridized carbons (Fsp3) is 0.391. The lowest BCUT2D eigenvalue weighted by atomic mass is 10.1. The maximum Gasteiger partial charge on any atom is 0.323 e. The normalized spacial score (nSPS) is 13.7. The second-order valence-electron chi connectivity index (χ2n) is 7.61. The Morgan fingerprint density at radius 2 is 1.66 bits per heavy atom. The first-order valence-corrected chi connectivity index (χ1v) is 10.3. The van der Waals surface area contributed by atoms with Crippen LogP contribution in [0, 0.1) is 0 Å². The topological polar surface area (TPSA) is 64.7 Å². The van der Waals surface area contributed by atoms with Gasteiger partial charge < -0.3 is 20.4 Å². The summed E-state index contributed by atoms with van der Waals surface area (Å²) < 4.78 is 0. The molecule has 6 nitrogen and oxygen atoms in total. The average Bonchev–Trinajstić information content (AvgIpc) is 2.73. The highest BCUT2D eigenvalue weighted by Crippen LogP contribution is 2.26. The Labute approximate surface area is 172 Å². The number of hydrogen-bond acceptors (Lipinski definition) is 3. The zero-order valence-electron chi connectivity index (χ0n) is 17.5. The highest BCUT2D eigenvalue weighted by Gasteiger charge is 2.22. The molecule has 1 aliphatic heterocycles. The predicted molar refractivity (Wildman–Crippen MR) is 119 cm³/mol. The lowest BCUT2D eigenvalue weighted by Gasteiger charge is -2.28. The lowest BCUT2D eigenvalue weighted by molar-refractivity contribution is 0.0725. The van der Waals surface area contributed by atoms with Crippen LogP contribution in [-0.2, 0) is 6.42 Å². The van der Waals surface area contributed by atoms with Gasteiger partial charge in [-0.1, -0.05) is 19.1 Å². The van der Waals surface area contributed by atoms with Gasteiger partial charge in [0.2, 0.25) is 0 Å². The quantitative estimate of drug-likeness (QED) is 0.780. The highest BCUT2D eigenvalue weighted by molar-refractivity contribution is 6.04. The first kappa shape index (κ1) is 20.7. The molecule has 1 saturated heterocycles. The van der Waals surface area contributed by atoms with Crippen molar-refractivity contribution < 1.29 is 9.59 Å². The van der Waals surface area contributed by atoms with Gasteiger partial charge in [0.25, 0.3) is 5.91 Å². The van der Waals surface area contributed by atoms with E-state index in [1.165, 1.54) is 6.42 Å². The van der Waals surface area contributed by atoms with Crippen molar-refractivity contribution in [3.8, 4) is 0 Å². The van der Waals surface area contributed by atoms with Crippen LogP contribution in [0.25, 0.3) is 0 Å². The molecule has 0 aliphatic carbocycles. The standard InChI is InChI=1S/C23H30N4O2/c1-4-17-9-8-10-18(15-17)24-23(29)25-19-11-12-21(26(2)3)20(16-19)22(28)27-13-6-5-7-14-27/h8-12,15-16H,4-7,13-14H2,1-3H3,(H2,24,25,29). The van der Waals surface area contributed by atoms with Crippen LogP contribution in [0.4, 0.5) is 21.9 Å². The Bertz CT molecular complexity index is 873. The number of anilines is 3. The summed E-state index contributed by atoms with van der Waals surface area (Å²) in [5, 5.41) is 5.71. The van der Waals surface area contributed by atoms with Crippen molar-refractivity contribution in [3.05, 3.63) is 53.6 Å². The number of hydrogen-bond donors (Lipinski definition) is 2. The van der Waals surface area contributed by atoms with E-state index in [0.717, 1.165) is 49.3 Å². The summed E-state index contributed by atoms with van der Waals surface area (Å²) in [6.45, 7) is 3.65. The Morgan fingerprint density at radius 1 is 0.966 bits per heavy atom. The van der Waals surface area contributed by atoms with E-state index in [1.54, 1.807) is 6.07 Å². The Hall–Kier alpha value is -3.02.